The quantitative estimate of drug-likeness (QED) is 0.502. The summed E-state index contributed by atoms with van der Waals surface area (Å²) in [6, 6.07) is 12.9. The Morgan fingerprint density at radius 3 is 1.95 bits per heavy atom. The van der Waals surface area contributed by atoms with Crippen molar-refractivity contribution in [2.24, 2.45) is 0 Å². The van der Waals surface area contributed by atoms with Gasteiger partial charge in [-0.2, -0.15) is 0 Å². The van der Waals surface area contributed by atoms with E-state index in [4.69, 9.17) is 4.42 Å². The van der Waals surface area contributed by atoms with Crippen molar-refractivity contribution in [3.63, 3.8) is 0 Å². The highest BCUT2D eigenvalue weighted by Crippen LogP contribution is 2.29. The topological polar surface area (TPSA) is 11.3 Å². The van der Waals surface area contributed by atoms with Crippen molar-refractivity contribution in [3.8, 4) is 11.3 Å². The van der Waals surface area contributed by atoms with E-state index >= 15 is 0 Å². The summed E-state index contributed by atoms with van der Waals surface area (Å²) in [6.45, 7) is 10.7. The van der Waals surface area contributed by atoms with Crippen LogP contribution >= 0.6 is 0 Å². The van der Waals surface area contributed by atoms with Gasteiger partial charge in [0, 0.05) is 12.1 Å². The van der Waals surface area contributed by atoms with Crippen LogP contribution in [0.15, 0.2) is 40.8 Å². The van der Waals surface area contributed by atoms with Crippen LogP contribution in [0.2, 0.25) is 0 Å². The van der Waals surface area contributed by atoms with Crippen LogP contribution in [-0.2, 0) is 0 Å². The zero-order valence-electron chi connectivity index (χ0n) is 13.4. The molecule has 0 aliphatic rings. The maximum Gasteiger partial charge on any atom is 0.361 e. The summed E-state index contributed by atoms with van der Waals surface area (Å²) in [5.41, 5.74) is 8.63. The van der Waals surface area contributed by atoms with Crippen molar-refractivity contribution >= 4 is 11.0 Å². The van der Waals surface area contributed by atoms with Gasteiger partial charge in [0.15, 0.2) is 0 Å². The van der Waals surface area contributed by atoms with Crippen LogP contribution < -0.4 is 0 Å². The SMILES string of the molecule is Cc1cc2ccc(-c3cc(C)c(C)c(C)c3)[o+]c2cc1C. The normalized spacial score (nSPS) is 11.1. The number of aryl methyl sites for hydroxylation is 4. The van der Waals surface area contributed by atoms with Crippen LogP contribution in [0.3, 0.4) is 0 Å². The third-order valence-electron chi connectivity index (χ3n) is 4.47. The minimum Gasteiger partial charge on any atom is -0.207 e. The fourth-order valence-corrected chi connectivity index (χ4v) is 2.68. The van der Waals surface area contributed by atoms with Crippen LogP contribution in [0.25, 0.3) is 22.3 Å². The summed E-state index contributed by atoms with van der Waals surface area (Å²) >= 11 is 0. The molecular formula is C20H21O+. The molecule has 3 rings (SSSR count). The van der Waals surface area contributed by atoms with Crippen molar-refractivity contribution in [3.05, 3.63) is 64.2 Å². The van der Waals surface area contributed by atoms with Gasteiger partial charge in [-0.3, -0.25) is 0 Å². The third kappa shape index (κ3) is 2.44. The summed E-state index contributed by atoms with van der Waals surface area (Å²) in [6.07, 6.45) is 0. The first-order chi connectivity index (χ1) is 9.95. The Hall–Kier alpha value is -2.15. The van der Waals surface area contributed by atoms with Crippen LogP contribution in [0.5, 0.6) is 0 Å². The zero-order valence-corrected chi connectivity index (χ0v) is 13.4. The third-order valence-corrected chi connectivity index (χ3v) is 4.47. The first-order valence-corrected chi connectivity index (χ1v) is 7.38. The summed E-state index contributed by atoms with van der Waals surface area (Å²) in [5, 5.41) is 1.16. The Kier molecular flexibility index (Phi) is 3.29. The Balaban J connectivity index is 2.19. The molecule has 0 N–H and O–H groups in total. The highest BCUT2D eigenvalue weighted by molar-refractivity contribution is 5.80. The van der Waals surface area contributed by atoms with Crippen LogP contribution in [0.1, 0.15) is 27.8 Å². The van der Waals surface area contributed by atoms with Crippen LogP contribution in [0.4, 0.5) is 0 Å². The molecule has 0 amide bonds. The number of benzene rings is 2. The summed E-state index contributed by atoms with van der Waals surface area (Å²) in [7, 11) is 0. The molecule has 0 aliphatic carbocycles. The van der Waals surface area contributed by atoms with E-state index in [1.54, 1.807) is 0 Å². The second-order valence-electron chi connectivity index (χ2n) is 6.01. The molecule has 1 heteroatoms. The lowest BCUT2D eigenvalue weighted by atomic mass is 9.99. The standard InChI is InChI=1S/C20H21O/c1-12-8-17-6-7-19(21-20(17)11-13(12)2)18-9-14(3)16(5)15(4)10-18/h6-11H,1-5H3/q+1. The average molecular weight is 277 g/mol. The monoisotopic (exact) mass is 277 g/mol. The largest absolute Gasteiger partial charge is 0.361 e. The Morgan fingerprint density at radius 1 is 0.667 bits per heavy atom. The molecule has 106 valence electrons. The predicted octanol–water partition coefficient (Wildman–Crippen LogP) is 5.92. The van der Waals surface area contributed by atoms with Crippen molar-refractivity contribution < 1.29 is 4.42 Å². The zero-order chi connectivity index (χ0) is 15.1. The van der Waals surface area contributed by atoms with E-state index in [0.29, 0.717) is 0 Å². The van der Waals surface area contributed by atoms with Gasteiger partial charge in [0.25, 0.3) is 0 Å². The first-order valence-electron chi connectivity index (χ1n) is 7.38. The molecule has 0 bridgehead atoms. The Morgan fingerprint density at radius 2 is 1.29 bits per heavy atom. The second-order valence-corrected chi connectivity index (χ2v) is 6.01. The molecule has 0 radical (unpaired) electrons. The number of rotatable bonds is 1. The average Bonchev–Trinajstić information content (AvgIpc) is 2.45. The van der Waals surface area contributed by atoms with E-state index in [-0.39, 0.29) is 0 Å². The van der Waals surface area contributed by atoms with Gasteiger partial charge in [-0.15, -0.1) is 0 Å². The van der Waals surface area contributed by atoms with Gasteiger partial charge in [-0.05, 0) is 86.7 Å². The Labute approximate surface area is 126 Å². The molecule has 2 aromatic carbocycles. The van der Waals surface area contributed by atoms with Crippen molar-refractivity contribution in [1.29, 1.82) is 0 Å². The lowest BCUT2D eigenvalue weighted by molar-refractivity contribution is 0.619. The molecule has 21 heavy (non-hydrogen) atoms. The molecule has 0 fully saturated rings. The molecule has 1 nitrogen and oxygen atoms in total. The molecule has 0 unspecified atom stereocenters. The van der Waals surface area contributed by atoms with Crippen LogP contribution in [-0.4, -0.2) is 0 Å². The van der Waals surface area contributed by atoms with Gasteiger partial charge in [-0.1, -0.05) is 0 Å². The van der Waals surface area contributed by atoms with Gasteiger partial charge in [0.1, 0.15) is 0 Å². The minimum atomic E-state index is 0.928. The molecule has 0 spiro atoms. The molecule has 1 aromatic heterocycles. The Bertz CT molecular complexity index is 821. The van der Waals surface area contributed by atoms with Crippen LogP contribution in [0, 0.1) is 34.6 Å². The van der Waals surface area contributed by atoms with Crippen molar-refractivity contribution in [1.82, 2.24) is 0 Å². The second kappa shape index (κ2) is 5.00. The van der Waals surface area contributed by atoms with Gasteiger partial charge in [0.2, 0.25) is 0 Å². The van der Waals surface area contributed by atoms with E-state index in [1.807, 2.05) is 0 Å². The smallest absolute Gasteiger partial charge is 0.207 e. The predicted molar refractivity (Wildman–Crippen MR) is 89.7 cm³/mol. The number of fused-ring (bicyclic) bond motifs is 1. The van der Waals surface area contributed by atoms with Gasteiger partial charge >= 0.3 is 11.3 Å². The molecule has 0 aliphatic heterocycles. The van der Waals surface area contributed by atoms with Crippen molar-refractivity contribution in [2.75, 3.05) is 0 Å². The maximum absolute atomic E-state index is 6.13. The number of hydrogen-bond donors (Lipinski definition) is 0. The highest BCUT2D eigenvalue weighted by atomic mass is 16.3. The fourth-order valence-electron chi connectivity index (χ4n) is 2.68. The lowest BCUT2D eigenvalue weighted by Crippen LogP contribution is -1.89. The van der Waals surface area contributed by atoms with Gasteiger partial charge in [-0.25, -0.2) is 4.42 Å². The van der Waals surface area contributed by atoms with Gasteiger partial charge < -0.3 is 0 Å². The van der Waals surface area contributed by atoms with Gasteiger partial charge in [0.05, 0.1) is 10.9 Å². The first kappa shape index (κ1) is 13.8. The highest BCUT2D eigenvalue weighted by Gasteiger charge is 2.16. The lowest BCUT2D eigenvalue weighted by Gasteiger charge is -2.05. The minimum absolute atomic E-state index is 0.928. The van der Waals surface area contributed by atoms with E-state index in [0.717, 1.165) is 22.3 Å². The molecule has 1 heterocycles. The molecule has 3 aromatic rings. The summed E-state index contributed by atoms with van der Waals surface area (Å²) < 4.78 is 6.13. The molecule has 0 atom stereocenters. The van der Waals surface area contributed by atoms with E-state index in [2.05, 4.69) is 71.0 Å². The maximum atomic E-state index is 6.13. The molecule has 0 saturated heterocycles. The van der Waals surface area contributed by atoms with E-state index in [9.17, 15) is 0 Å². The van der Waals surface area contributed by atoms with E-state index < -0.39 is 0 Å². The fraction of sp³-hybridized carbons (Fsp3) is 0.250. The molecular weight excluding hydrogens is 256 g/mol. The van der Waals surface area contributed by atoms with Crippen molar-refractivity contribution in [2.45, 2.75) is 34.6 Å². The number of hydrogen-bond acceptors (Lipinski definition) is 0. The van der Waals surface area contributed by atoms with E-state index in [1.165, 1.54) is 27.8 Å². The summed E-state index contributed by atoms with van der Waals surface area (Å²) in [4.78, 5) is 0. The summed E-state index contributed by atoms with van der Waals surface area (Å²) in [5.74, 6) is 0.928. The molecule has 0 saturated carbocycles.